The van der Waals surface area contributed by atoms with Crippen molar-refractivity contribution < 1.29 is 4.79 Å². The highest BCUT2D eigenvalue weighted by molar-refractivity contribution is 7.98. The molecule has 0 aliphatic carbocycles. The molecule has 1 aliphatic heterocycles. The Labute approximate surface area is 125 Å². The van der Waals surface area contributed by atoms with Gasteiger partial charge in [0.15, 0.2) is 0 Å². The molecule has 4 nitrogen and oxygen atoms in total. The molecule has 1 aliphatic rings. The van der Waals surface area contributed by atoms with Crippen molar-refractivity contribution in [3.8, 4) is 0 Å². The highest BCUT2D eigenvalue weighted by Gasteiger charge is 2.19. The summed E-state index contributed by atoms with van der Waals surface area (Å²) in [5, 5.41) is 6.53. The van der Waals surface area contributed by atoms with Gasteiger partial charge in [-0.05, 0) is 38.4 Å². The second-order valence-electron chi connectivity index (χ2n) is 5.27. The Bertz CT molecular complexity index is 413. The summed E-state index contributed by atoms with van der Waals surface area (Å²) in [6, 6.07) is 6.78. The molecule has 0 spiro atoms. The quantitative estimate of drug-likeness (QED) is 0.787. The van der Waals surface area contributed by atoms with E-state index in [4.69, 9.17) is 0 Å². The first kappa shape index (κ1) is 15.3. The van der Waals surface area contributed by atoms with Crippen molar-refractivity contribution in [2.24, 2.45) is 0 Å². The zero-order valence-electron chi connectivity index (χ0n) is 12.0. The molecular formula is C15H23N3OS. The van der Waals surface area contributed by atoms with Crippen LogP contribution in [0.2, 0.25) is 0 Å². The van der Waals surface area contributed by atoms with E-state index >= 15 is 0 Å². The number of carbonyl (C=O) groups is 1. The maximum absolute atomic E-state index is 11.9. The van der Waals surface area contributed by atoms with Gasteiger partial charge in [-0.1, -0.05) is 6.07 Å². The molecule has 2 rings (SSSR count). The Kier molecular flexibility index (Phi) is 6.33. The third-order valence-corrected chi connectivity index (χ3v) is 4.43. The van der Waals surface area contributed by atoms with E-state index in [1.807, 2.05) is 18.2 Å². The lowest BCUT2D eigenvalue weighted by molar-refractivity contribution is -0.121. The number of hydrogen-bond donors (Lipinski definition) is 2. The Morgan fingerprint density at radius 2 is 2.45 bits per heavy atom. The summed E-state index contributed by atoms with van der Waals surface area (Å²) in [7, 11) is 0. The van der Waals surface area contributed by atoms with E-state index in [0.29, 0.717) is 18.5 Å². The monoisotopic (exact) mass is 293 g/mol. The molecule has 110 valence electrons. The van der Waals surface area contributed by atoms with Crippen LogP contribution in [0, 0.1) is 0 Å². The maximum atomic E-state index is 11.9. The summed E-state index contributed by atoms with van der Waals surface area (Å²) < 4.78 is 0. The van der Waals surface area contributed by atoms with Crippen LogP contribution in [0.5, 0.6) is 0 Å². The normalized spacial score (nSPS) is 22.4. The molecule has 0 aromatic carbocycles. The Morgan fingerprint density at radius 1 is 1.55 bits per heavy atom. The SMILES string of the molecule is CC1CC(NC(=O)CCSCc2ccccn2)CCN1. The van der Waals surface area contributed by atoms with Crippen LogP contribution in [0.4, 0.5) is 0 Å². The molecule has 2 heterocycles. The fourth-order valence-electron chi connectivity index (χ4n) is 2.39. The van der Waals surface area contributed by atoms with Gasteiger partial charge in [0, 0.05) is 36.2 Å². The molecule has 2 atom stereocenters. The number of aromatic nitrogens is 1. The molecule has 0 radical (unpaired) electrons. The average molecular weight is 293 g/mol. The zero-order valence-corrected chi connectivity index (χ0v) is 12.8. The standard InChI is InChI=1S/C15H23N3OS/c1-12-10-13(5-8-16-12)18-15(19)6-9-20-11-14-4-2-3-7-17-14/h2-4,7,12-13,16H,5-6,8-11H2,1H3,(H,18,19). The molecule has 0 saturated carbocycles. The summed E-state index contributed by atoms with van der Waals surface area (Å²) in [5.74, 6) is 1.90. The van der Waals surface area contributed by atoms with E-state index in [9.17, 15) is 4.79 Å². The first-order valence-corrected chi connectivity index (χ1v) is 8.40. The highest BCUT2D eigenvalue weighted by Crippen LogP contribution is 2.12. The van der Waals surface area contributed by atoms with Gasteiger partial charge in [-0.15, -0.1) is 0 Å². The number of amides is 1. The van der Waals surface area contributed by atoms with Gasteiger partial charge in [-0.2, -0.15) is 11.8 Å². The topological polar surface area (TPSA) is 54.0 Å². The first-order valence-electron chi connectivity index (χ1n) is 7.24. The molecule has 1 aromatic heterocycles. The van der Waals surface area contributed by atoms with Crippen molar-refractivity contribution in [2.45, 2.75) is 44.0 Å². The lowest BCUT2D eigenvalue weighted by atomic mass is 10.0. The second-order valence-corrected chi connectivity index (χ2v) is 6.37. The van der Waals surface area contributed by atoms with E-state index in [-0.39, 0.29) is 5.91 Å². The van der Waals surface area contributed by atoms with Gasteiger partial charge < -0.3 is 10.6 Å². The zero-order chi connectivity index (χ0) is 14.2. The van der Waals surface area contributed by atoms with Crippen LogP contribution in [0.3, 0.4) is 0 Å². The molecule has 2 unspecified atom stereocenters. The number of nitrogens with zero attached hydrogens (tertiary/aromatic N) is 1. The van der Waals surface area contributed by atoms with Crippen LogP contribution >= 0.6 is 11.8 Å². The number of carbonyl (C=O) groups excluding carboxylic acids is 1. The average Bonchev–Trinajstić information content (AvgIpc) is 2.45. The Balaban J connectivity index is 1.58. The highest BCUT2D eigenvalue weighted by atomic mass is 32.2. The van der Waals surface area contributed by atoms with Gasteiger partial charge in [0.25, 0.3) is 0 Å². The predicted octanol–water partition coefficient (Wildman–Crippen LogP) is 1.96. The molecule has 1 aromatic rings. The lowest BCUT2D eigenvalue weighted by Crippen LogP contribution is -2.46. The van der Waals surface area contributed by atoms with Gasteiger partial charge in [-0.25, -0.2) is 0 Å². The number of pyridine rings is 1. The van der Waals surface area contributed by atoms with E-state index in [0.717, 1.165) is 36.6 Å². The van der Waals surface area contributed by atoms with Crippen LogP contribution in [0.1, 0.15) is 31.9 Å². The second kappa shape index (κ2) is 8.27. The summed E-state index contributed by atoms with van der Waals surface area (Å²) >= 11 is 1.76. The van der Waals surface area contributed by atoms with E-state index in [2.05, 4.69) is 22.5 Å². The van der Waals surface area contributed by atoms with Crippen LogP contribution in [-0.2, 0) is 10.5 Å². The Hall–Kier alpha value is -1.07. The minimum absolute atomic E-state index is 0.178. The molecule has 0 bridgehead atoms. The summed E-state index contributed by atoms with van der Waals surface area (Å²) in [5.41, 5.74) is 1.07. The van der Waals surface area contributed by atoms with Gasteiger partial charge in [-0.3, -0.25) is 9.78 Å². The molecular weight excluding hydrogens is 270 g/mol. The molecule has 1 fully saturated rings. The maximum Gasteiger partial charge on any atom is 0.221 e. The fraction of sp³-hybridized carbons (Fsp3) is 0.600. The van der Waals surface area contributed by atoms with Crippen LogP contribution in [-0.4, -0.2) is 35.3 Å². The van der Waals surface area contributed by atoms with Crippen molar-refractivity contribution in [2.75, 3.05) is 12.3 Å². The molecule has 1 saturated heterocycles. The number of nitrogens with one attached hydrogen (secondary N) is 2. The van der Waals surface area contributed by atoms with Crippen LogP contribution < -0.4 is 10.6 Å². The van der Waals surface area contributed by atoms with Gasteiger partial charge in [0.05, 0.1) is 5.69 Å². The van der Waals surface area contributed by atoms with E-state index in [1.54, 1.807) is 18.0 Å². The lowest BCUT2D eigenvalue weighted by Gasteiger charge is -2.28. The Morgan fingerprint density at radius 3 is 3.20 bits per heavy atom. The van der Waals surface area contributed by atoms with Crippen LogP contribution in [0.25, 0.3) is 0 Å². The van der Waals surface area contributed by atoms with Crippen molar-refractivity contribution in [1.82, 2.24) is 15.6 Å². The van der Waals surface area contributed by atoms with E-state index in [1.165, 1.54) is 0 Å². The molecule has 20 heavy (non-hydrogen) atoms. The molecule has 5 heteroatoms. The third-order valence-electron chi connectivity index (χ3n) is 3.44. The number of piperidine rings is 1. The largest absolute Gasteiger partial charge is 0.353 e. The minimum Gasteiger partial charge on any atom is -0.353 e. The van der Waals surface area contributed by atoms with Gasteiger partial charge in [0.2, 0.25) is 5.91 Å². The molecule has 2 N–H and O–H groups in total. The van der Waals surface area contributed by atoms with E-state index < -0.39 is 0 Å². The predicted molar refractivity (Wildman–Crippen MR) is 83.6 cm³/mol. The van der Waals surface area contributed by atoms with Crippen LogP contribution in [0.15, 0.2) is 24.4 Å². The minimum atomic E-state index is 0.178. The number of thioether (sulfide) groups is 1. The third kappa shape index (κ3) is 5.51. The molecule has 1 amide bonds. The summed E-state index contributed by atoms with van der Waals surface area (Å²) in [6.45, 7) is 3.17. The van der Waals surface area contributed by atoms with Crippen molar-refractivity contribution in [3.05, 3.63) is 30.1 Å². The summed E-state index contributed by atoms with van der Waals surface area (Å²) in [4.78, 5) is 16.1. The van der Waals surface area contributed by atoms with Crippen molar-refractivity contribution in [1.29, 1.82) is 0 Å². The van der Waals surface area contributed by atoms with Crippen molar-refractivity contribution in [3.63, 3.8) is 0 Å². The first-order chi connectivity index (χ1) is 9.74. The fourth-order valence-corrected chi connectivity index (χ4v) is 3.24. The van der Waals surface area contributed by atoms with Gasteiger partial charge >= 0.3 is 0 Å². The summed E-state index contributed by atoms with van der Waals surface area (Å²) in [6.07, 6.45) is 4.47. The smallest absolute Gasteiger partial charge is 0.221 e. The van der Waals surface area contributed by atoms with Gasteiger partial charge in [0.1, 0.15) is 0 Å². The number of rotatable bonds is 6. The number of hydrogen-bond acceptors (Lipinski definition) is 4. The van der Waals surface area contributed by atoms with Crippen molar-refractivity contribution >= 4 is 17.7 Å².